The molecule has 2 rings (SSSR count). The van der Waals surface area contributed by atoms with Crippen LogP contribution in [0.1, 0.15) is 32.6 Å². The van der Waals surface area contributed by atoms with Crippen LogP contribution in [0.15, 0.2) is 18.2 Å². The molecular formula is C16H22F2N2O2. The smallest absolute Gasteiger partial charge is 0.225 e. The molecule has 0 aromatic heterocycles. The molecule has 1 aromatic carbocycles. The minimum Gasteiger partial charge on any atom is -0.492 e. The van der Waals surface area contributed by atoms with Crippen LogP contribution in [0.4, 0.5) is 8.78 Å². The highest BCUT2D eigenvalue weighted by Crippen LogP contribution is 2.31. The molecule has 0 heterocycles. The van der Waals surface area contributed by atoms with Crippen LogP contribution in [0.25, 0.3) is 0 Å². The number of amides is 1. The van der Waals surface area contributed by atoms with E-state index in [1.54, 1.807) is 0 Å². The molecule has 0 aliphatic heterocycles. The van der Waals surface area contributed by atoms with Crippen LogP contribution in [0, 0.1) is 17.6 Å². The second-order valence-electron chi connectivity index (χ2n) is 6.02. The van der Waals surface area contributed by atoms with Crippen molar-refractivity contribution < 1.29 is 18.3 Å². The summed E-state index contributed by atoms with van der Waals surface area (Å²) in [4.78, 5) is 12.2. The van der Waals surface area contributed by atoms with E-state index in [9.17, 15) is 13.6 Å². The van der Waals surface area contributed by atoms with E-state index in [0.29, 0.717) is 6.54 Å². The highest BCUT2D eigenvalue weighted by atomic mass is 19.2. The molecule has 1 aromatic rings. The van der Waals surface area contributed by atoms with E-state index in [1.807, 2.05) is 6.92 Å². The molecule has 0 spiro atoms. The van der Waals surface area contributed by atoms with Crippen molar-refractivity contribution in [2.75, 3.05) is 13.2 Å². The Morgan fingerprint density at radius 2 is 2.18 bits per heavy atom. The van der Waals surface area contributed by atoms with Crippen LogP contribution in [0.2, 0.25) is 0 Å². The van der Waals surface area contributed by atoms with Gasteiger partial charge in [0.25, 0.3) is 0 Å². The van der Waals surface area contributed by atoms with E-state index in [-0.39, 0.29) is 24.2 Å². The average Bonchev–Trinajstić information content (AvgIpc) is 2.46. The fraction of sp³-hybridized carbons (Fsp3) is 0.562. The molecule has 1 aliphatic carbocycles. The van der Waals surface area contributed by atoms with Crippen LogP contribution in [0.3, 0.4) is 0 Å². The van der Waals surface area contributed by atoms with Crippen LogP contribution in [0.5, 0.6) is 5.75 Å². The number of hydrogen-bond donors (Lipinski definition) is 2. The summed E-state index contributed by atoms with van der Waals surface area (Å²) in [5.41, 5.74) is 5.71. The largest absolute Gasteiger partial charge is 0.492 e. The quantitative estimate of drug-likeness (QED) is 0.820. The molecule has 1 amide bonds. The van der Waals surface area contributed by atoms with E-state index >= 15 is 0 Å². The summed E-state index contributed by atoms with van der Waals surface area (Å²) in [6.07, 6.45) is 3.70. The molecule has 0 radical (unpaired) electrons. The number of hydrogen-bond acceptors (Lipinski definition) is 3. The second kappa shape index (κ2) is 7.05. The molecule has 1 aliphatic rings. The summed E-state index contributed by atoms with van der Waals surface area (Å²) in [5.74, 6) is -1.90. The molecule has 0 bridgehead atoms. The van der Waals surface area contributed by atoms with Gasteiger partial charge in [0.15, 0.2) is 11.6 Å². The van der Waals surface area contributed by atoms with Crippen molar-refractivity contribution in [3.05, 3.63) is 29.8 Å². The lowest BCUT2D eigenvalue weighted by Crippen LogP contribution is -2.53. The Hall–Kier alpha value is -1.69. The zero-order chi connectivity index (χ0) is 16.2. The van der Waals surface area contributed by atoms with Crippen molar-refractivity contribution >= 4 is 5.91 Å². The Kier molecular flexibility index (Phi) is 5.34. The molecule has 6 heteroatoms. The summed E-state index contributed by atoms with van der Waals surface area (Å²) >= 11 is 0. The fourth-order valence-corrected chi connectivity index (χ4v) is 2.82. The molecule has 1 saturated carbocycles. The normalized spacial score (nSPS) is 24.8. The Bertz CT molecular complexity index is 535. The second-order valence-corrected chi connectivity index (χ2v) is 6.02. The standard InChI is InChI=1S/C16H22F2N2O2/c1-16(19)7-3-2-4-12(16)15(21)20-8-9-22-11-5-6-13(17)14(18)10-11/h5-6,10,12H,2-4,7-9,19H2,1H3,(H,20,21). The van der Waals surface area contributed by atoms with E-state index in [4.69, 9.17) is 10.5 Å². The van der Waals surface area contributed by atoms with Crippen molar-refractivity contribution in [3.8, 4) is 5.75 Å². The number of carbonyl (C=O) groups excluding carboxylic acids is 1. The third-order valence-electron chi connectivity index (χ3n) is 4.13. The van der Waals surface area contributed by atoms with Crippen LogP contribution in [-0.2, 0) is 4.79 Å². The van der Waals surface area contributed by atoms with Gasteiger partial charge in [0, 0.05) is 11.6 Å². The lowest BCUT2D eigenvalue weighted by atomic mass is 9.74. The Morgan fingerprint density at radius 3 is 2.86 bits per heavy atom. The predicted octanol–water partition coefficient (Wildman–Crippen LogP) is 2.37. The van der Waals surface area contributed by atoms with Crippen LogP contribution in [-0.4, -0.2) is 24.6 Å². The van der Waals surface area contributed by atoms with Gasteiger partial charge in [-0.1, -0.05) is 12.8 Å². The monoisotopic (exact) mass is 312 g/mol. The van der Waals surface area contributed by atoms with E-state index in [2.05, 4.69) is 5.32 Å². The van der Waals surface area contributed by atoms with Crippen molar-refractivity contribution in [2.45, 2.75) is 38.1 Å². The highest BCUT2D eigenvalue weighted by molar-refractivity contribution is 5.80. The number of nitrogens with two attached hydrogens (primary N) is 1. The van der Waals surface area contributed by atoms with Gasteiger partial charge in [0.2, 0.25) is 5.91 Å². The van der Waals surface area contributed by atoms with Gasteiger partial charge in [-0.05, 0) is 31.9 Å². The van der Waals surface area contributed by atoms with Gasteiger partial charge in [-0.25, -0.2) is 8.78 Å². The van der Waals surface area contributed by atoms with Gasteiger partial charge >= 0.3 is 0 Å². The van der Waals surface area contributed by atoms with Gasteiger partial charge in [0.1, 0.15) is 12.4 Å². The van der Waals surface area contributed by atoms with Crippen molar-refractivity contribution in [3.63, 3.8) is 0 Å². The van der Waals surface area contributed by atoms with Crippen molar-refractivity contribution in [1.82, 2.24) is 5.32 Å². The minimum atomic E-state index is -0.956. The zero-order valence-electron chi connectivity index (χ0n) is 12.7. The van der Waals surface area contributed by atoms with Crippen LogP contribution < -0.4 is 15.8 Å². The fourth-order valence-electron chi connectivity index (χ4n) is 2.82. The third-order valence-corrected chi connectivity index (χ3v) is 4.13. The number of ether oxygens (including phenoxy) is 1. The number of rotatable bonds is 5. The van der Waals surface area contributed by atoms with Gasteiger partial charge in [-0.15, -0.1) is 0 Å². The Morgan fingerprint density at radius 1 is 1.41 bits per heavy atom. The molecule has 0 saturated heterocycles. The van der Waals surface area contributed by atoms with E-state index in [0.717, 1.165) is 37.8 Å². The summed E-state index contributed by atoms with van der Waals surface area (Å²) in [6.45, 7) is 2.39. The summed E-state index contributed by atoms with van der Waals surface area (Å²) < 4.78 is 31.1. The maximum absolute atomic E-state index is 13.0. The molecule has 22 heavy (non-hydrogen) atoms. The number of carbonyl (C=O) groups is 1. The minimum absolute atomic E-state index is 0.0708. The first-order valence-electron chi connectivity index (χ1n) is 7.54. The Labute approximate surface area is 129 Å². The predicted molar refractivity (Wildman–Crippen MR) is 79.4 cm³/mol. The molecule has 3 N–H and O–H groups in total. The number of benzene rings is 1. The van der Waals surface area contributed by atoms with Gasteiger partial charge in [0.05, 0.1) is 12.5 Å². The highest BCUT2D eigenvalue weighted by Gasteiger charge is 2.37. The van der Waals surface area contributed by atoms with E-state index < -0.39 is 17.2 Å². The topological polar surface area (TPSA) is 64.4 Å². The average molecular weight is 312 g/mol. The lowest BCUT2D eigenvalue weighted by Gasteiger charge is -2.37. The van der Waals surface area contributed by atoms with Crippen molar-refractivity contribution in [2.24, 2.45) is 11.7 Å². The molecule has 1 fully saturated rings. The van der Waals surface area contributed by atoms with E-state index in [1.165, 1.54) is 6.07 Å². The number of nitrogens with one attached hydrogen (secondary N) is 1. The first-order valence-corrected chi connectivity index (χ1v) is 7.54. The summed E-state index contributed by atoms with van der Waals surface area (Å²) in [7, 11) is 0. The van der Waals surface area contributed by atoms with Gasteiger partial charge in [-0.3, -0.25) is 4.79 Å². The third kappa shape index (κ3) is 4.16. The maximum Gasteiger partial charge on any atom is 0.225 e. The van der Waals surface area contributed by atoms with Crippen molar-refractivity contribution in [1.29, 1.82) is 0 Å². The first kappa shape index (κ1) is 16.7. The SMILES string of the molecule is CC1(N)CCCCC1C(=O)NCCOc1ccc(F)c(F)c1. The van der Waals surface area contributed by atoms with Gasteiger partial charge < -0.3 is 15.8 Å². The zero-order valence-corrected chi connectivity index (χ0v) is 12.7. The van der Waals surface area contributed by atoms with Gasteiger partial charge in [-0.2, -0.15) is 0 Å². The molecule has 122 valence electrons. The molecular weight excluding hydrogens is 290 g/mol. The lowest BCUT2D eigenvalue weighted by molar-refractivity contribution is -0.128. The Balaban J connectivity index is 1.76. The first-order chi connectivity index (χ1) is 10.4. The maximum atomic E-state index is 13.0. The number of halogens is 2. The molecule has 2 unspecified atom stereocenters. The van der Waals surface area contributed by atoms with Crippen LogP contribution >= 0.6 is 0 Å². The molecule has 2 atom stereocenters. The summed E-state index contributed by atoms with van der Waals surface area (Å²) in [5, 5.41) is 2.79. The molecule has 4 nitrogen and oxygen atoms in total. The summed E-state index contributed by atoms with van der Waals surface area (Å²) in [6, 6.07) is 3.33.